The summed E-state index contributed by atoms with van der Waals surface area (Å²) in [7, 11) is 1.62. The van der Waals surface area contributed by atoms with Crippen LogP contribution in [-0.4, -0.2) is 35.8 Å². The Hall–Kier alpha value is -2.06. The summed E-state index contributed by atoms with van der Waals surface area (Å²) in [5.41, 5.74) is 5.05. The van der Waals surface area contributed by atoms with Gasteiger partial charge in [0.15, 0.2) is 11.9 Å². The summed E-state index contributed by atoms with van der Waals surface area (Å²) < 4.78 is 0. The zero-order valence-electron chi connectivity index (χ0n) is 7.94. The van der Waals surface area contributed by atoms with Gasteiger partial charge in [0.05, 0.1) is 0 Å². The van der Waals surface area contributed by atoms with Crippen molar-refractivity contribution in [1.82, 2.24) is 10.6 Å². The van der Waals surface area contributed by atoms with Crippen LogP contribution >= 0.6 is 0 Å². The molecule has 0 heterocycles. The smallest absolute Gasteiger partial charge is 0.291 e. The van der Waals surface area contributed by atoms with Gasteiger partial charge < -0.3 is 16.3 Å². The molecule has 0 atom stereocenters. The van der Waals surface area contributed by atoms with E-state index in [1.165, 1.54) is 0 Å². The molecule has 0 aromatic rings. The maximum Gasteiger partial charge on any atom is 0.291 e. The number of nitrogens with zero attached hydrogens (tertiary/aromatic N) is 2. The minimum absolute atomic E-state index is 0.110. The first-order valence-corrected chi connectivity index (χ1v) is 3.59. The Morgan fingerprint density at radius 2 is 2.21 bits per heavy atom. The lowest BCUT2D eigenvalue weighted by Gasteiger charge is -2.06. The summed E-state index contributed by atoms with van der Waals surface area (Å²) in [4.78, 5) is 12.2. The molecule has 82 valence electrons. The molecule has 0 aliphatic heterocycles. The average molecular weight is 206 g/mol. The Kier molecular flexibility index (Phi) is 9.33. The van der Waals surface area contributed by atoms with Crippen molar-refractivity contribution in [3.8, 4) is 0 Å². The first-order chi connectivity index (χ1) is 6.43. The third kappa shape index (κ3) is 16.5. The van der Waals surface area contributed by atoms with Gasteiger partial charge in [0.1, 0.15) is 0 Å². The number of hydrogen-bond donors (Lipinski definition) is 5. The molecule has 0 aliphatic carbocycles. The summed E-state index contributed by atoms with van der Waals surface area (Å²) in [6.45, 7) is 2.69. The largest absolute Gasteiger partial charge is 0.370 e. The molecular formula is C5H14N6O3. The van der Waals surface area contributed by atoms with Crippen molar-refractivity contribution in [2.24, 2.45) is 10.7 Å². The second-order valence-corrected chi connectivity index (χ2v) is 1.88. The van der Waals surface area contributed by atoms with E-state index in [0.717, 1.165) is 6.54 Å². The van der Waals surface area contributed by atoms with Crippen LogP contribution in [0.5, 0.6) is 0 Å². The summed E-state index contributed by atoms with van der Waals surface area (Å²) >= 11 is 0. The second-order valence-electron chi connectivity index (χ2n) is 1.88. The van der Waals surface area contributed by atoms with Gasteiger partial charge in [0.25, 0.3) is 5.09 Å². The normalized spacial score (nSPS) is 9.43. The molecule has 9 nitrogen and oxygen atoms in total. The lowest BCUT2D eigenvalue weighted by molar-refractivity contribution is -0.742. The molecule has 14 heavy (non-hydrogen) atoms. The Morgan fingerprint density at radius 1 is 1.79 bits per heavy atom. The molecule has 0 aromatic heterocycles. The van der Waals surface area contributed by atoms with E-state index in [1.807, 2.05) is 6.92 Å². The van der Waals surface area contributed by atoms with Crippen LogP contribution in [0.3, 0.4) is 0 Å². The Morgan fingerprint density at radius 3 is 2.43 bits per heavy atom. The van der Waals surface area contributed by atoms with Gasteiger partial charge >= 0.3 is 0 Å². The van der Waals surface area contributed by atoms with E-state index >= 15 is 0 Å². The van der Waals surface area contributed by atoms with Crippen LogP contribution in [0.15, 0.2) is 4.99 Å². The van der Waals surface area contributed by atoms with Crippen LogP contribution < -0.4 is 16.4 Å². The van der Waals surface area contributed by atoms with Gasteiger partial charge in [0.2, 0.25) is 0 Å². The third-order valence-corrected chi connectivity index (χ3v) is 0.821. The highest BCUT2D eigenvalue weighted by molar-refractivity contribution is 5.96. The van der Waals surface area contributed by atoms with Crippen LogP contribution in [0.4, 0.5) is 0 Å². The van der Waals surface area contributed by atoms with Gasteiger partial charge in [-0.2, -0.15) is 0 Å². The van der Waals surface area contributed by atoms with E-state index in [2.05, 4.69) is 15.6 Å². The summed E-state index contributed by atoms with van der Waals surface area (Å²) in [6.07, 6.45) is 0. The molecule has 9 heteroatoms. The van der Waals surface area contributed by atoms with E-state index in [0.29, 0.717) is 5.96 Å². The number of nitrogens with two attached hydrogens (primary N) is 1. The molecule has 6 N–H and O–H groups in total. The van der Waals surface area contributed by atoms with E-state index in [9.17, 15) is 0 Å². The minimum Gasteiger partial charge on any atom is -0.370 e. The highest BCUT2D eigenvalue weighted by Gasteiger charge is 1.93. The quantitative estimate of drug-likeness (QED) is 0.156. The highest BCUT2D eigenvalue weighted by atomic mass is 16.9. The van der Waals surface area contributed by atoms with Crippen LogP contribution in [-0.2, 0) is 0 Å². The fourth-order valence-corrected chi connectivity index (χ4v) is 0.474. The monoisotopic (exact) mass is 206 g/mol. The predicted octanol–water partition coefficient (Wildman–Crippen LogP) is -1.28. The second kappa shape index (κ2) is 9.03. The lowest BCUT2D eigenvalue weighted by atomic mass is 10.7. The van der Waals surface area contributed by atoms with Crippen molar-refractivity contribution in [1.29, 1.82) is 5.41 Å². The van der Waals surface area contributed by atoms with Gasteiger partial charge in [-0.05, 0) is 6.92 Å². The summed E-state index contributed by atoms with van der Waals surface area (Å²) in [5, 5.41) is 25.9. The van der Waals surface area contributed by atoms with Crippen LogP contribution in [0.25, 0.3) is 0 Å². The molecule has 0 rings (SSSR count). The van der Waals surface area contributed by atoms with Crippen molar-refractivity contribution >= 4 is 11.9 Å². The average Bonchev–Trinajstić information content (AvgIpc) is 2.01. The molecule has 0 spiro atoms. The lowest BCUT2D eigenvalue weighted by Crippen LogP contribution is -2.43. The fraction of sp³-hybridized carbons (Fsp3) is 0.600. The Labute approximate surface area is 80.6 Å². The molecule has 0 aromatic carbocycles. The molecule has 0 aliphatic rings. The first kappa shape index (κ1) is 14.5. The first-order valence-electron chi connectivity index (χ1n) is 3.59. The van der Waals surface area contributed by atoms with E-state index < -0.39 is 5.09 Å². The van der Waals surface area contributed by atoms with Crippen molar-refractivity contribution in [3.05, 3.63) is 10.1 Å². The zero-order valence-corrected chi connectivity index (χ0v) is 7.94. The number of guanidine groups is 2. The van der Waals surface area contributed by atoms with Gasteiger partial charge in [0, 0.05) is 13.6 Å². The maximum atomic E-state index is 8.36. The summed E-state index contributed by atoms with van der Waals surface area (Å²) in [5.74, 6) is 0.413. The van der Waals surface area contributed by atoms with E-state index in [1.54, 1.807) is 7.05 Å². The Bertz CT molecular complexity index is 212. The molecule has 0 bridgehead atoms. The molecule has 0 radical (unpaired) electrons. The number of nitrogens with one attached hydrogen (secondary N) is 3. The zero-order chi connectivity index (χ0) is 11.6. The van der Waals surface area contributed by atoms with Crippen molar-refractivity contribution in [3.63, 3.8) is 0 Å². The SMILES string of the molecule is CCNC(=NC)NC(=N)N.O=[N+]([O-])O. The molecule has 0 saturated carbocycles. The molecule has 0 fully saturated rings. The van der Waals surface area contributed by atoms with Gasteiger partial charge in [-0.15, -0.1) is 10.1 Å². The van der Waals surface area contributed by atoms with Gasteiger partial charge in [-0.1, -0.05) is 0 Å². The minimum atomic E-state index is -1.50. The molecule has 0 unspecified atom stereocenters. The molecule has 0 amide bonds. The van der Waals surface area contributed by atoms with Crippen molar-refractivity contribution in [2.45, 2.75) is 6.92 Å². The van der Waals surface area contributed by atoms with E-state index in [4.69, 9.17) is 26.5 Å². The topological polar surface area (TPSA) is 150 Å². The Balaban J connectivity index is 0. The van der Waals surface area contributed by atoms with E-state index in [-0.39, 0.29) is 5.96 Å². The highest BCUT2D eigenvalue weighted by Crippen LogP contribution is 1.63. The third-order valence-electron chi connectivity index (χ3n) is 0.821. The fourth-order valence-electron chi connectivity index (χ4n) is 0.474. The number of aliphatic imine (C=N–C) groups is 1. The van der Waals surface area contributed by atoms with Crippen molar-refractivity contribution in [2.75, 3.05) is 13.6 Å². The molecular weight excluding hydrogens is 192 g/mol. The predicted molar refractivity (Wildman–Crippen MR) is 50.9 cm³/mol. The standard InChI is InChI=1S/C5H13N5.HNO3/c1-3-9-5(8-2)10-4(6)7;2-1(3)4/h3H2,1-2H3,(H5,6,7,8,9,10);(H,2,3,4). The van der Waals surface area contributed by atoms with Crippen LogP contribution in [0, 0.1) is 15.5 Å². The molecule has 0 saturated heterocycles. The number of hydrogen-bond acceptors (Lipinski definition) is 4. The number of rotatable bonds is 1. The summed E-state index contributed by atoms with van der Waals surface area (Å²) in [6, 6.07) is 0. The van der Waals surface area contributed by atoms with Crippen LogP contribution in [0.1, 0.15) is 6.92 Å². The van der Waals surface area contributed by atoms with Crippen molar-refractivity contribution < 1.29 is 10.3 Å². The van der Waals surface area contributed by atoms with Gasteiger partial charge in [-0.25, -0.2) is 0 Å². The maximum absolute atomic E-state index is 8.36. The van der Waals surface area contributed by atoms with Crippen LogP contribution in [0.2, 0.25) is 0 Å². The van der Waals surface area contributed by atoms with Gasteiger partial charge in [-0.3, -0.25) is 15.7 Å².